The molecule has 0 bridgehead atoms. The zero-order valence-corrected chi connectivity index (χ0v) is 13.1. The number of rotatable bonds is 6. The van der Waals surface area contributed by atoms with Crippen molar-refractivity contribution in [1.29, 1.82) is 0 Å². The summed E-state index contributed by atoms with van der Waals surface area (Å²) >= 11 is 1.53. The average Bonchev–Trinajstić information content (AvgIpc) is 2.43. The number of aromatic carboxylic acids is 1. The summed E-state index contributed by atoms with van der Waals surface area (Å²) in [5, 5.41) is 9.95. The molecule has 3 nitrogen and oxygen atoms in total. The SMILES string of the molecule is Cc1cc(C)c(C(=O)O)c(SCCCc2ccccc2)n1. The fourth-order valence-electron chi connectivity index (χ4n) is 2.26. The van der Waals surface area contributed by atoms with Gasteiger partial charge < -0.3 is 5.11 Å². The summed E-state index contributed by atoms with van der Waals surface area (Å²) in [6, 6.07) is 12.1. The molecule has 0 radical (unpaired) electrons. The molecule has 1 N–H and O–H groups in total. The minimum absolute atomic E-state index is 0.338. The first-order valence-electron chi connectivity index (χ1n) is 6.96. The number of hydrogen-bond acceptors (Lipinski definition) is 3. The lowest BCUT2D eigenvalue weighted by atomic mass is 10.1. The van der Waals surface area contributed by atoms with Gasteiger partial charge in [-0.05, 0) is 49.6 Å². The molecule has 110 valence electrons. The summed E-state index contributed by atoms with van der Waals surface area (Å²) in [4.78, 5) is 15.7. The maximum absolute atomic E-state index is 11.4. The molecule has 21 heavy (non-hydrogen) atoms. The van der Waals surface area contributed by atoms with Gasteiger partial charge in [-0.25, -0.2) is 9.78 Å². The maximum atomic E-state index is 11.4. The zero-order valence-electron chi connectivity index (χ0n) is 12.3. The van der Waals surface area contributed by atoms with E-state index in [-0.39, 0.29) is 0 Å². The first kappa shape index (κ1) is 15.6. The van der Waals surface area contributed by atoms with E-state index in [1.807, 2.05) is 38.1 Å². The lowest BCUT2D eigenvalue weighted by Crippen LogP contribution is -2.05. The topological polar surface area (TPSA) is 50.2 Å². The van der Waals surface area contributed by atoms with Crippen LogP contribution in [0.25, 0.3) is 0 Å². The van der Waals surface area contributed by atoms with Crippen molar-refractivity contribution in [2.75, 3.05) is 5.75 Å². The van der Waals surface area contributed by atoms with Crippen LogP contribution >= 0.6 is 11.8 Å². The Morgan fingerprint density at radius 3 is 2.62 bits per heavy atom. The molecule has 0 aliphatic heterocycles. The van der Waals surface area contributed by atoms with Crippen LogP contribution in [0.15, 0.2) is 41.4 Å². The van der Waals surface area contributed by atoms with E-state index < -0.39 is 5.97 Å². The second kappa shape index (κ2) is 7.27. The number of carboxylic acid groups (broad SMARTS) is 1. The summed E-state index contributed by atoms with van der Waals surface area (Å²) in [6.45, 7) is 3.72. The van der Waals surface area contributed by atoms with Crippen molar-refractivity contribution in [2.45, 2.75) is 31.7 Å². The number of carboxylic acids is 1. The number of aromatic nitrogens is 1. The highest BCUT2D eigenvalue weighted by Gasteiger charge is 2.15. The molecular weight excluding hydrogens is 282 g/mol. The lowest BCUT2D eigenvalue weighted by molar-refractivity contribution is 0.0691. The van der Waals surface area contributed by atoms with Gasteiger partial charge in [-0.1, -0.05) is 30.3 Å². The number of nitrogens with zero attached hydrogens (tertiary/aromatic N) is 1. The Balaban J connectivity index is 1.98. The second-order valence-corrected chi connectivity index (χ2v) is 6.09. The van der Waals surface area contributed by atoms with E-state index in [0.29, 0.717) is 10.6 Å². The summed E-state index contributed by atoms with van der Waals surface area (Å²) < 4.78 is 0. The summed E-state index contributed by atoms with van der Waals surface area (Å²) in [5.74, 6) is -0.0315. The monoisotopic (exact) mass is 301 g/mol. The van der Waals surface area contributed by atoms with Gasteiger partial charge in [-0.2, -0.15) is 0 Å². The van der Waals surface area contributed by atoms with E-state index in [4.69, 9.17) is 0 Å². The summed E-state index contributed by atoms with van der Waals surface area (Å²) in [7, 11) is 0. The standard InChI is InChI=1S/C17H19NO2S/c1-12-11-13(2)18-16(15(12)17(19)20)21-10-6-9-14-7-4-3-5-8-14/h3-5,7-8,11H,6,9-10H2,1-2H3,(H,19,20). The van der Waals surface area contributed by atoms with Gasteiger partial charge in [0.25, 0.3) is 0 Å². The largest absolute Gasteiger partial charge is 0.478 e. The van der Waals surface area contributed by atoms with E-state index in [1.54, 1.807) is 0 Å². The van der Waals surface area contributed by atoms with Gasteiger partial charge >= 0.3 is 5.97 Å². The number of benzene rings is 1. The van der Waals surface area contributed by atoms with Crippen molar-refractivity contribution >= 4 is 17.7 Å². The molecule has 1 aromatic heterocycles. The van der Waals surface area contributed by atoms with Crippen LogP contribution in [-0.2, 0) is 6.42 Å². The highest BCUT2D eigenvalue weighted by atomic mass is 32.2. The van der Waals surface area contributed by atoms with Gasteiger partial charge in [-0.3, -0.25) is 0 Å². The highest BCUT2D eigenvalue weighted by Crippen LogP contribution is 2.25. The van der Waals surface area contributed by atoms with Crippen LogP contribution in [-0.4, -0.2) is 21.8 Å². The third-order valence-electron chi connectivity index (χ3n) is 3.22. The fraction of sp³-hybridized carbons (Fsp3) is 0.294. The highest BCUT2D eigenvalue weighted by molar-refractivity contribution is 7.99. The van der Waals surface area contributed by atoms with Gasteiger partial charge in [-0.15, -0.1) is 11.8 Å². The van der Waals surface area contributed by atoms with Gasteiger partial charge in [0.05, 0.1) is 5.56 Å². The fourth-order valence-corrected chi connectivity index (χ4v) is 3.34. The smallest absolute Gasteiger partial charge is 0.338 e. The Bertz CT molecular complexity index is 626. The molecule has 0 aliphatic rings. The molecular formula is C17H19NO2S. The molecule has 2 rings (SSSR count). The van der Waals surface area contributed by atoms with Crippen LogP contribution < -0.4 is 0 Å². The van der Waals surface area contributed by atoms with Gasteiger partial charge in [0.15, 0.2) is 0 Å². The predicted octanol–water partition coefficient (Wildman–Crippen LogP) is 4.12. The third-order valence-corrected chi connectivity index (χ3v) is 4.28. The van der Waals surface area contributed by atoms with Gasteiger partial charge in [0.2, 0.25) is 0 Å². The normalized spacial score (nSPS) is 10.6. The molecule has 1 aromatic carbocycles. The van der Waals surface area contributed by atoms with E-state index >= 15 is 0 Å². The Morgan fingerprint density at radius 2 is 1.95 bits per heavy atom. The quantitative estimate of drug-likeness (QED) is 0.644. The molecule has 0 fully saturated rings. The van der Waals surface area contributed by atoms with Crippen molar-refractivity contribution < 1.29 is 9.90 Å². The molecule has 0 aliphatic carbocycles. The molecule has 0 amide bonds. The summed E-state index contributed by atoms with van der Waals surface area (Å²) in [6.07, 6.45) is 2.00. The van der Waals surface area contributed by atoms with Gasteiger partial charge in [0.1, 0.15) is 5.03 Å². The molecule has 0 saturated carbocycles. The Morgan fingerprint density at radius 1 is 1.24 bits per heavy atom. The number of thioether (sulfide) groups is 1. The number of pyridine rings is 1. The van der Waals surface area contributed by atoms with Gasteiger partial charge in [0, 0.05) is 5.69 Å². The molecule has 0 spiro atoms. The van der Waals surface area contributed by atoms with E-state index in [0.717, 1.165) is 29.9 Å². The maximum Gasteiger partial charge on any atom is 0.338 e. The minimum Gasteiger partial charge on any atom is -0.478 e. The third kappa shape index (κ3) is 4.33. The van der Waals surface area contributed by atoms with Crippen molar-refractivity contribution in [3.63, 3.8) is 0 Å². The van der Waals surface area contributed by atoms with Crippen LogP contribution in [0, 0.1) is 13.8 Å². The molecule has 4 heteroatoms. The second-order valence-electron chi connectivity index (χ2n) is 5.00. The van der Waals surface area contributed by atoms with E-state index in [1.165, 1.54) is 17.3 Å². The van der Waals surface area contributed by atoms with Crippen molar-refractivity contribution in [1.82, 2.24) is 4.98 Å². The minimum atomic E-state index is -0.898. The Hall–Kier alpha value is -1.81. The Kier molecular flexibility index (Phi) is 5.39. The first-order valence-corrected chi connectivity index (χ1v) is 7.94. The first-order chi connectivity index (χ1) is 10.1. The van der Waals surface area contributed by atoms with Crippen LogP contribution in [0.3, 0.4) is 0 Å². The van der Waals surface area contributed by atoms with Crippen LogP contribution in [0.1, 0.15) is 33.6 Å². The van der Waals surface area contributed by atoms with Crippen molar-refractivity contribution in [3.8, 4) is 0 Å². The van der Waals surface area contributed by atoms with Crippen molar-refractivity contribution in [2.24, 2.45) is 0 Å². The van der Waals surface area contributed by atoms with Crippen LogP contribution in [0.5, 0.6) is 0 Å². The molecule has 0 atom stereocenters. The Labute approximate surface area is 129 Å². The van der Waals surface area contributed by atoms with Crippen LogP contribution in [0.2, 0.25) is 0 Å². The van der Waals surface area contributed by atoms with Crippen molar-refractivity contribution in [3.05, 3.63) is 58.8 Å². The predicted molar refractivity (Wildman–Crippen MR) is 86.2 cm³/mol. The molecule has 2 aromatic rings. The zero-order chi connectivity index (χ0) is 15.2. The van der Waals surface area contributed by atoms with Crippen LogP contribution in [0.4, 0.5) is 0 Å². The average molecular weight is 301 g/mol. The number of aryl methyl sites for hydroxylation is 3. The van der Waals surface area contributed by atoms with E-state index in [9.17, 15) is 9.90 Å². The lowest BCUT2D eigenvalue weighted by Gasteiger charge is -2.09. The molecule has 0 saturated heterocycles. The molecule has 1 heterocycles. The summed E-state index contributed by atoms with van der Waals surface area (Å²) in [5.41, 5.74) is 3.29. The van der Waals surface area contributed by atoms with E-state index in [2.05, 4.69) is 17.1 Å². The molecule has 0 unspecified atom stereocenters. The number of hydrogen-bond donors (Lipinski definition) is 1. The number of carbonyl (C=O) groups is 1.